The topological polar surface area (TPSA) is 29.3 Å². The fraction of sp³-hybridized carbons (Fsp3) is 0.500. The number of hydrogen-bond acceptors (Lipinski definition) is 2. The maximum Gasteiger partial charge on any atom is 0.141 e. The summed E-state index contributed by atoms with van der Waals surface area (Å²) in [5.74, 6) is 0.0338. The van der Waals surface area contributed by atoms with Crippen molar-refractivity contribution in [1.29, 1.82) is 0 Å². The minimum Gasteiger partial charge on any atom is -0.370 e. The highest BCUT2D eigenvalue weighted by atomic mass is 35.5. The van der Waals surface area contributed by atoms with Crippen molar-refractivity contribution in [1.82, 2.24) is 0 Å². The average molecular weight is 245 g/mol. The molecule has 16 heavy (non-hydrogen) atoms. The van der Waals surface area contributed by atoms with Gasteiger partial charge < -0.3 is 10.6 Å². The SMILES string of the molecule is CC(C)C(CN)N(C)c1ccc(F)c(Cl)c1. The van der Waals surface area contributed by atoms with Crippen molar-refractivity contribution in [2.45, 2.75) is 19.9 Å². The maximum atomic E-state index is 13.0. The van der Waals surface area contributed by atoms with Gasteiger partial charge in [-0.2, -0.15) is 0 Å². The van der Waals surface area contributed by atoms with E-state index in [1.165, 1.54) is 6.07 Å². The van der Waals surface area contributed by atoms with E-state index < -0.39 is 5.82 Å². The molecule has 0 bridgehead atoms. The number of anilines is 1. The molecule has 0 aliphatic heterocycles. The van der Waals surface area contributed by atoms with Crippen LogP contribution in [0.3, 0.4) is 0 Å². The normalized spacial score (nSPS) is 12.9. The first kappa shape index (κ1) is 13.3. The van der Waals surface area contributed by atoms with Gasteiger partial charge in [-0.3, -0.25) is 0 Å². The van der Waals surface area contributed by atoms with Crippen molar-refractivity contribution in [2.75, 3.05) is 18.5 Å². The van der Waals surface area contributed by atoms with Gasteiger partial charge in [0, 0.05) is 25.3 Å². The van der Waals surface area contributed by atoms with Crippen LogP contribution in [0.15, 0.2) is 18.2 Å². The minimum absolute atomic E-state index is 0.142. The summed E-state index contributed by atoms with van der Waals surface area (Å²) in [6.45, 7) is 4.78. The molecule has 0 spiro atoms. The third kappa shape index (κ3) is 2.86. The Balaban J connectivity index is 2.94. The summed E-state index contributed by atoms with van der Waals surface area (Å²) in [6.07, 6.45) is 0. The van der Waals surface area contributed by atoms with Crippen molar-refractivity contribution in [3.63, 3.8) is 0 Å². The summed E-state index contributed by atoms with van der Waals surface area (Å²) in [6, 6.07) is 4.94. The molecule has 2 N–H and O–H groups in total. The molecule has 0 radical (unpaired) electrons. The molecule has 0 aliphatic carbocycles. The van der Waals surface area contributed by atoms with Crippen LogP contribution in [0.4, 0.5) is 10.1 Å². The van der Waals surface area contributed by atoms with E-state index in [9.17, 15) is 4.39 Å². The summed E-state index contributed by atoms with van der Waals surface area (Å²) in [5, 5.41) is 0.142. The Morgan fingerprint density at radius 3 is 2.50 bits per heavy atom. The van der Waals surface area contributed by atoms with Crippen LogP contribution in [0.25, 0.3) is 0 Å². The van der Waals surface area contributed by atoms with Gasteiger partial charge in [0.25, 0.3) is 0 Å². The monoisotopic (exact) mass is 244 g/mol. The maximum absolute atomic E-state index is 13.0. The number of benzene rings is 1. The van der Waals surface area contributed by atoms with E-state index >= 15 is 0 Å². The van der Waals surface area contributed by atoms with Crippen LogP contribution < -0.4 is 10.6 Å². The van der Waals surface area contributed by atoms with Crippen molar-refractivity contribution >= 4 is 17.3 Å². The van der Waals surface area contributed by atoms with Gasteiger partial charge >= 0.3 is 0 Å². The number of hydrogen-bond donors (Lipinski definition) is 1. The van der Waals surface area contributed by atoms with E-state index in [0.29, 0.717) is 12.5 Å². The third-order valence-electron chi connectivity index (χ3n) is 2.82. The van der Waals surface area contributed by atoms with Crippen LogP contribution in [-0.4, -0.2) is 19.6 Å². The van der Waals surface area contributed by atoms with Gasteiger partial charge in [0.15, 0.2) is 0 Å². The molecule has 2 nitrogen and oxygen atoms in total. The highest BCUT2D eigenvalue weighted by Crippen LogP contribution is 2.24. The van der Waals surface area contributed by atoms with E-state index in [0.717, 1.165) is 5.69 Å². The van der Waals surface area contributed by atoms with E-state index in [-0.39, 0.29) is 11.1 Å². The number of halogens is 2. The second kappa shape index (κ2) is 5.51. The molecule has 4 heteroatoms. The van der Waals surface area contributed by atoms with E-state index in [1.807, 2.05) is 11.9 Å². The minimum atomic E-state index is -0.396. The predicted molar refractivity (Wildman–Crippen MR) is 67.5 cm³/mol. The number of nitrogens with two attached hydrogens (primary N) is 1. The van der Waals surface area contributed by atoms with Crippen LogP contribution in [0, 0.1) is 11.7 Å². The molecule has 1 atom stereocenters. The lowest BCUT2D eigenvalue weighted by atomic mass is 10.0. The Labute approximate surface area is 101 Å². The van der Waals surface area contributed by atoms with Gasteiger partial charge in [0.05, 0.1) is 5.02 Å². The second-order valence-corrected chi connectivity index (χ2v) is 4.66. The van der Waals surface area contributed by atoms with Gasteiger partial charge in [0.2, 0.25) is 0 Å². The molecule has 0 saturated carbocycles. The average Bonchev–Trinajstić information content (AvgIpc) is 2.22. The Morgan fingerprint density at radius 2 is 2.06 bits per heavy atom. The number of likely N-dealkylation sites (N-methyl/N-ethyl adjacent to an activating group) is 1. The molecule has 90 valence electrons. The predicted octanol–water partition coefficient (Wildman–Crippen LogP) is 2.90. The zero-order valence-corrected chi connectivity index (χ0v) is 10.6. The van der Waals surface area contributed by atoms with Crippen LogP contribution in [0.2, 0.25) is 5.02 Å². The molecule has 1 rings (SSSR count). The van der Waals surface area contributed by atoms with Gasteiger partial charge in [0.1, 0.15) is 5.82 Å². The van der Waals surface area contributed by atoms with Gasteiger partial charge in [-0.05, 0) is 24.1 Å². The molecule has 1 aromatic carbocycles. The Bertz CT molecular complexity index is 355. The number of nitrogens with zero attached hydrogens (tertiary/aromatic N) is 1. The summed E-state index contributed by atoms with van der Waals surface area (Å²) in [7, 11) is 1.95. The van der Waals surface area contributed by atoms with Crippen LogP contribution >= 0.6 is 11.6 Å². The molecule has 0 aromatic heterocycles. The first-order chi connectivity index (χ1) is 7.47. The van der Waals surface area contributed by atoms with Crippen LogP contribution in [-0.2, 0) is 0 Å². The van der Waals surface area contributed by atoms with E-state index in [4.69, 9.17) is 17.3 Å². The molecule has 0 saturated heterocycles. The molecule has 0 amide bonds. The summed E-state index contributed by atoms with van der Waals surface area (Å²) in [4.78, 5) is 2.04. The van der Waals surface area contributed by atoms with Gasteiger partial charge in [-0.1, -0.05) is 25.4 Å². The smallest absolute Gasteiger partial charge is 0.141 e. The second-order valence-electron chi connectivity index (χ2n) is 4.26. The standard InChI is InChI=1S/C12H18ClFN2/c1-8(2)12(7-15)16(3)9-4-5-11(14)10(13)6-9/h4-6,8,12H,7,15H2,1-3H3. The first-order valence-corrected chi connectivity index (χ1v) is 5.73. The van der Waals surface area contributed by atoms with Crippen molar-refractivity contribution in [3.8, 4) is 0 Å². The molecular formula is C12H18ClFN2. The Kier molecular flexibility index (Phi) is 4.56. The van der Waals surface area contributed by atoms with Crippen LogP contribution in [0.1, 0.15) is 13.8 Å². The fourth-order valence-corrected chi connectivity index (χ4v) is 1.95. The van der Waals surface area contributed by atoms with Crippen molar-refractivity contribution < 1.29 is 4.39 Å². The molecule has 0 aliphatic rings. The van der Waals surface area contributed by atoms with Crippen molar-refractivity contribution in [2.24, 2.45) is 11.7 Å². The Hall–Kier alpha value is -0.800. The van der Waals surface area contributed by atoms with E-state index in [2.05, 4.69) is 13.8 Å². The quantitative estimate of drug-likeness (QED) is 0.883. The molecule has 1 aromatic rings. The fourth-order valence-electron chi connectivity index (χ4n) is 1.77. The number of rotatable bonds is 4. The lowest BCUT2D eigenvalue weighted by Gasteiger charge is -2.32. The molecule has 1 unspecified atom stereocenters. The van der Waals surface area contributed by atoms with Crippen molar-refractivity contribution in [3.05, 3.63) is 29.0 Å². The highest BCUT2D eigenvalue weighted by Gasteiger charge is 2.17. The Morgan fingerprint density at radius 1 is 1.44 bits per heavy atom. The third-order valence-corrected chi connectivity index (χ3v) is 3.11. The summed E-state index contributed by atoms with van der Waals surface area (Å²) < 4.78 is 13.0. The molecular weight excluding hydrogens is 227 g/mol. The lowest BCUT2D eigenvalue weighted by Crippen LogP contribution is -2.41. The van der Waals surface area contributed by atoms with Gasteiger partial charge in [-0.15, -0.1) is 0 Å². The van der Waals surface area contributed by atoms with Crippen LogP contribution in [0.5, 0.6) is 0 Å². The molecule has 0 heterocycles. The van der Waals surface area contributed by atoms with E-state index in [1.54, 1.807) is 12.1 Å². The zero-order valence-electron chi connectivity index (χ0n) is 9.87. The highest BCUT2D eigenvalue weighted by molar-refractivity contribution is 6.31. The van der Waals surface area contributed by atoms with Gasteiger partial charge in [-0.25, -0.2) is 4.39 Å². The summed E-state index contributed by atoms with van der Waals surface area (Å²) >= 11 is 5.75. The lowest BCUT2D eigenvalue weighted by molar-refractivity contribution is 0.479. The first-order valence-electron chi connectivity index (χ1n) is 5.35. The summed E-state index contributed by atoms with van der Waals surface area (Å²) in [5.41, 5.74) is 6.62. The largest absolute Gasteiger partial charge is 0.370 e. The zero-order chi connectivity index (χ0) is 12.3. The molecule has 0 fully saturated rings.